The summed E-state index contributed by atoms with van der Waals surface area (Å²) in [5, 5.41) is 19.1. The van der Waals surface area contributed by atoms with E-state index >= 15 is 0 Å². The van der Waals surface area contributed by atoms with E-state index in [0.29, 0.717) is 18.7 Å². The van der Waals surface area contributed by atoms with Gasteiger partial charge < -0.3 is 15.1 Å². The summed E-state index contributed by atoms with van der Waals surface area (Å²) in [6, 6.07) is 4.46. The second kappa shape index (κ2) is 7.95. The molecule has 1 aliphatic heterocycles. The molecule has 0 aromatic heterocycles. The van der Waals surface area contributed by atoms with Crippen molar-refractivity contribution in [1.29, 1.82) is 0 Å². The lowest BCUT2D eigenvalue weighted by Crippen LogP contribution is -2.50. The fourth-order valence-electron chi connectivity index (χ4n) is 3.17. The average molecular weight is 398 g/mol. The van der Waals surface area contributed by atoms with Crippen LogP contribution in [0.2, 0.25) is 0 Å². The van der Waals surface area contributed by atoms with E-state index in [1.807, 2.05) is 0 Å². The number of piperidine rings is 1. The van der Waals surface area contributed by atoms with Crippen molar-refractivity contribution in [1.82, 2.24) is 9.21 Å². The molecule has 0 atom stereocenters. The maximum atomic E-state index is 12.9. The molecule has 2 N–H and O–H groups in total. The highest BCUT2D eigenvalue weighted by Gasteiger charge is 2.40. The molecule has 150 valence electrons. The second-order valence-electron chi connectivity index (χ2n) is 6.69. The lowest BCUT2D eigenvalue weighted by molar-refractivity contribution is -0.162. The Morgan fingerprint density at radius 1 is 1.19 bits per heavy atom. The number of amides is 1. The normalized spacial score (nSPS) is 17.1. The molecule has 0 bridgehead atoms. The van der Waals surface area contributed by atoms with E-state index in [0.717, 1.165) is 0 Å². The van der Waals surface area contributed by atoms with Crippen LogP contribution in [0, 0.1) is 6.92 Å². The molecular weight excluding hydrogens is 372 g/mol. The second-order valence-corrected chi connectivity index (χ2v) is 8.63. The number of carboxylic acids is 1. The third-order valence-electron chi connectivity index (χ3n) is 5.06. The number of hydrogen-bond acceptors (Lipinski definition) is 5. The van der Waals surface area contributed by atoms with Crippen molar-refractivity contribution in [3.05, 3.63) is 29.3 Å². The largest absolute Gasteiger partial charge is 0.479 e. The Morgan fingerprint density at radius 2 is 1.74 bits per heavy atom. The quantitative estimate of drug-likeness (QED) is 0.741. The zero-order valence-electron chi connectivity index (χ0n) is 15.8. The van der Waals surface area contributed by atoms with Gasteiger partial charge in [0.2, 0.25) is 10.0 Å². The third kappa shape index (κ3) is 4.15. The van der Waals surface area contributed by atoms with Gasteiger partial charge in [-0.2, -0.15) is 4.31 Å². The molecule has 0 aliphatic carbocycles. The Labute approximate surface area is 159 Å². The van der Waals surface area contributed by atoms with E-state index < -0.39 is 21.6 Å². The molecule has 0 unspecified atom stereocenters. The summed E-state index contributed by atoms with van der Waals surface area (Å²) >= 11 is 0. The number of likely N-dealkylation sites (tertiary alicyclic amines) is 1. The molecule has 8 nitrogen and oxygen atoms in total. The van der Waals surface area contributed by atoms with Gasteiger partial charge in [0.15, 0.2) is 5.60 Å². The first kappa shape index (κ1) is 21.3. The number of carbonyl (C=O) groups is 2. The molecule has 2 rings (SSSR count). The van der Waals surface area contributed by atoms with Crippen molar-refractivity contribution in [3.8, 4) is 0 Å². The van der Waals surface area contributed by atoms with Gasteiger partial charge in [-0.3, -0.25) is 4.79 Å². The monoisotopic (exact) mass is 398 g/mol. The molecule has 9 heteroatoms. The van der Waals surface area contributed by atoms with E-state index in [-0.39, 0.29) is 42.3 Å². The van der Waals surface area contributed by atoms with Gasteiger partial charge in [0.1, 0.15) is 0 Å². The summed E-state index contributed by atoms with van der Waals surface area (Å²) in [4.78, 5) is 25.5. The van der Waals surface area contributed by atoms with Gasteiger partial charge in [0.25, 0.3) is 5.91 Å². The number of benzene rings is 1. The van der Waals surface area contributed by atoms with E-state index in [1.165, 1.54) is 21.3 Å². The highest BCUT2D eigenvalue weighted by molar-refractivity contribution is 7.89. The van der Waals surface area contributed by atoms with Gasteiger partial charge >= 0.3 is 5.97 Å². The number of aliphatic hydroxyl groups is 1. The highest BCUT2D eigenvalue weighted by atomic mass is 32.2. The lowest BCUT2D eigenvalue weighted by atomic mass is 9.91. The molecule has 0 radical (unpaired) electrons. The summed E-state index contributed by atoms with van der Waals surface area (Å²) in [6.45, 7) is 6.06. The first-order chi connectivity index (χ1) is 12.6. The molecular formula is C18H26N2O6S. The predicted molar refractivity (Wildman–Crippen MR) is 99.0 cm³/mol. The minimum atomic E-state index is -3.69. The number of carbonyl (C=O) groups excluding carboxylic acids is 1. The number of aryl methyl sites for hydroxylation is 1. The van der Waals surface area contributed by atoms with Gasteiger partial charge in [-0.1, -0.05) is 19.9 Å². The van der Waals surface area contributed by atoms with Gasteiger partial charge in [-0.15, -0.1) is 0 Å². The van der Waals surface area contributed by atoms with Crippen molar-refractivity contribution in [2.24, 2.45) is 0 Å². The number of hydrogen-bond donors (Lipinski definition) is 2. The number of sulfonamides is 1. The van der Waals surface area contributed by atoms with Gasteiger partial charge in [-0.05, 0) is 24.6 Å². The zero-order valence-corrected chi connectivity index (χ0v) is 16.6. The minimum Gasteiger partial charge on any atom is -0.479 e. The van der Waals surface area contributed by atoms with E-state index in [4.69, 9.17) is 5.11 Å². The molecule has 1 heterocycles. The average Bonchev–Trinajstić information content (AvgIpc) is 2.62. The summed E-state index contributed by atoms with van der Waals surface area (Å²) < 4.78 is 26.8. The summed E-state index contributed by atoms with van der Waals surface area (Å²) in [7, 11) is -3.69. The minimum absolute atomic E-state index is 0.0548. The molecule has 1 aromatic carbocycles. The Bertz CT molecular complexity index is 824. The van der Waals surface area contributed by atoms with Crippen LogP contribution in [-0.4, -0.2) is 71.5 Å². The molecule has 1 fully saturated rings. The Balaban J connectivity index is 2.29. The molecule has 1 saturated heterocycles. The van der Waals surface area contributed by atoms with Crippen molar-refractivity contribution >= 4 is 21.9 Å². The van der Waals surface area contributed by atoms with Crippen LogP contribution in [0.25, 0.3) is 0 Å². The molecule has 1 amide bonds. The van der Waals surface area contributed by atoms with Crippen molar-refractivity contribution in [2.75, 3.05) is 26.2 Å². The van der Waals surface area contributed by atoms with Crippen LogP contribution >= 0.6 is 0 Å². The molecule has 1 aromatic rings. The molecule has 27 heavy (non-hydrogen) atoms. The standard InChI is InChI=1S/C18H26N2O6S/c1-4-20(5-2)27(25,26)14-7-6-13(3)15(12-14)16(21)19-10-8-18(24,9-11-19)17(22)23/h6-7,12,24H,4-5,8-11H2,1-3H3,(H,22,23). The van der Waals surface area contributed by atoms with Crippen LogP contribution in [0.4, 0.5) is 0 Å². The fourth-order valence-corrected chi connectivity index (χ4v) is 4.65. The zero-order chi connectivity index (χ0) is 20.4. The maximum absolute atomic E-state index is 12.9. The number of rotatable bonds is 6. The number of aliphatic carboxylic acids is 1. The summed E-state index contributed by atoms with van der Waals surface area (Å²) in [5.74, 6) is -1.66. The fraction of sp³-hybridized carbons (Fsp3) is 0.556. The van der Waals surface area contributed by atoms with Crippen molar-refractivity contribution in [2.45, 2.75) is 44.1 Å². The Morgan fingerprint density at radius 3 is 2.22 bits per heavy atom. The molecule has 0 spiro atoms. The van der Waals surface area contributed by atoms with Crippen LogP contribution in [0.15, 0.2) is 23.1 Å². The van der Waals surface area contributed by atoms with Gasteiger partial charge in [-0.25, -0.2) is 13.2 Å². The first-order valence-corrected chi connectivity index (χ1v) is 10.4. The smallest absolute Gasteiger partial charge is 0.335 e. The maximum Gasteiger partial charge on any atom is 0.335 e. The van der Waals surface area contributed by atoms with E-state index in [2.05, 4.69) is 0 Å². The van der Waals surface area contributed by atoms with Crippen LogP contribution in [0.5, 0.6) is 0 Å². The van der Waals surface area contributed by atoms with Crippen molar-refractivity contribution < 1.29 is 28.2 Å². The van der Waals surface area contributed by atoms with Crippen LogP contribution in [0.3, 0.4) is 0 Å². The first-order valence-electron chi connectivity index (χ1n) is 8.92. The number of nitrogens with zero attached hydrogens (tertiary/aromatic N) is 2. The molecule has 1 aliphatic rings. The Kier molecular flexibility index (Phi) is 6.28. The SMILES string of the molecule is CCN(CC)S(=O)(=O)c1ccc(C)c(C(=O)N2CCC(O)(C(=O)O)CC2)c1. The van der Waals surface area contributed by atoms with Crippen molar-refractivity contribution in [3.63, 3.8) is 0 Å². The van der Waals surface area contributed by atoms with Crippen LogP contribution in [-0.2, 0) is 14.8 Å². The summed E-state index contributed by atoms with van der Waals surface area (Å²) in [6.07, 6.45) is -0.130. The van der Waals surface area contributed by atoms with Gasteiger partial charge in [0, 0.05) is 44.6 Å². The Hall–Kier alpha value is -1.97. The highest BCUT2D eigenvalue weighted by Crippen LogP contribution is 2.26. The van der Waals surface area contributed by atoms with E-state index in [1.54, 1.807) is 26.8 Å². The predicted octanol–water partition coefficient (Wildman–Crippen LogP) is 1.08. The van der Waals surface area contributed by atoms with Crippen LogP contribution < -0.4 is 0 Å². The number of carboxylic acid groups (broad SMARTS) is 1. The van der Waals surface area contributed by atoms with E-state index in [9.17, 15) is 23.1 Å². The van der Waals surface area contributed by atoms with Gasteiger partial charge in [0.05, 0.1) is 4.90 Å². The third-order valence-corrected chi connectivity index (χ3v) is 7.10. The molecule has 0 saturated carbocycles. The lowest BCUT2D eigenvalue weighted by Gasteiger charge is -2.35. The topological polar surface area (TPSA) is 115 Å². The van der Waals surface area contributed by atoms with Crippen LogP contribution in [0.1, 0.15) is 42.6 Å². The summed E-state index contributed by atoms with van der Waals surface area (Å²) in [5.41, 5.74) is -0.915.